The minimum Gasteiger partial charge on any atom is -0.394 e. The third-order valence-corrected chi connectivity index (χ3v) is 4.75. The zero-order chi connectivity index (χ0) is 20.5. The number of fused-ring (bicyclic) bond motifs is 1. The van der Waals surface area contributed by atoms with Crippen molar-refractivity contribution in [1.29, 1.82) is 0 Å². The van der Waals surface area contributed by atoms with Crippen molar-refractivity contribution in [2.45, 2.75) is 31.1 Å². The van der Waals surface area contributed by atoms with Crippen molar-refractivity contribution in [3.63, 3.8) is 0 Å². The molecule has 3 aromatic rings. The molecule has 1 saturated heterocycles. The minimum absolute atomic E-state index is 0.0328. The molecule has 4 atom stereocenters. The third kappa shape index (κ3) is 3.51. The predicted molar refractivity (Wildman–Crippen MR) is 101 cm³/mol. The molecule has 0 aliphatic carbocycles. The van der Waals surface area contributed by atoms with Crippen molar-refractivity contribution in [3.05, 3.63) is 62.9 Å². The van der Waals surface area contributed by atoms with Gasteiger partial charge in [0, 0.05) is 6.54 Å². The van der Waals surface area contributed by atoms with E-state index in [2.05, 4.69) is 20.3 Å². The van der Waals surface area contributed by atoms with Crippen LogP contribution < -0.4 is 16.4 Å². The summed E-state index contributed by atoms with van der Waals surface area (Å²) in [6.07, 6.45) is -3.85. The second kappa shape index (κ2) is 7.72. The van der Waals surface area contributed by atoms with Gasteiger partial charge in [0.15, 0.2) is 11.7 Å². The highest BCUT2D eigenvalue weighted by Gasteiger charge is 2.44. The number of nitrogens with zero attached hydrogens (tertiary/aromatic N) is 3. The van der Waals surface area contributed by atoms with E-state index in [1.165, 1.54) is 0 Å². The predicted octanol–water partition coefficient (Wildman–Crippen LogP) is -1.30. The van der Waals surface area contributed by atoms with Crippen LogP contribution in [0.4, 0.5) is 5.95 Å². The molecule has 1 unspecified atom stereocenters. The maximum Gasteiger partial charge on any atom is 0.301 e. The Morgan fingerprint density at radius 3 is 2.62 bits per heavy atom. The number of nitrogens with one attached hydrogen (secondary N) is 2. The molecule has 2 aromatic heterocycles. The largest absolute Gasteiger partial charge is 0.394 e. The maximum atomic E-state index is 12.8. The maximum absolute atomic E-state index is 12.8. The summed E-state index contributed by atoms with van der Waals surface area (Å²) in [5.41, 5.74) is -0.880. The van der Waals surface area contributed by atoms with Crippen molar-refractivity contribution in [3.8, 4) is 0 Å². The standard InChI is InChI=1S/C18H19N5O6/c24-7-10-13(25)14(26)17(29-10)23-8-20-11-12(23)16(28)22-18(21-15(11)27)19-6-9-4-2-1-3-5-9/h1-5,8,10,13-14,17,24-26H,6-7H2,(H2,19,21,22,27,28)/t10-,13-,14-,17?/m1/s1. The first-order valence-corrected chi connectivity index (χ1v) is 8.91. The smallest absolute Gasteiger partial charge is 0.301 e. The lowest BCUT2D eigenvalue weighted by atomic mass is 10.1. The number of hydrogen-bond acceptors (Lipinski definition) is 9. The molecule has 3 heterocycles. The van der Waals surface area contributed by atoms with E-state index in [4.69, 9.17) is 4.74 Å². The van der Waals surface area contributed by atoms with Gasteiger partial charge in [0.05, 0.1) is 12.9 Å². The van der Waals surface area contributed by atoms with Crippen LogP contribution in [0, 0.1) is 0 Å². The Morgan fingerprint density at radius 1 is 1.17 bits per heavy atom. The quantitative estimate of drug-likeness (QED) is 0.350. The molecule has 0 saturated carbocycles. The van der Waals surface area contributed by atoms with Crippen molar-refractivity contribution < 1.29 is 20.1 Å². The van der Waals surface area contributed by atoms with Crippen LogP contribution in [0.2, 0.25) is 0 Å². The SMILES string of the molecule is O=c1nc(NCc2ccccc2)[nH]c(=O)c2c1ncn2C1O[C@H](CO)[C@@H](O)[C@H]1O. The first kappa shape index (κ1) is 19.2. The summed E-state index contributed by atoms with van der Waals surface area (Å²) in [5.74, 6) is -0.0328. The van der Waals surface area contributed by atoms with Gasteiger partial charge >= 0.3 is 5.56 Å². The zero-order valence-corrected chi connectivity index (χ0v) is 15.1. The molecular weight excluding hydrogens is 382 g/mol. The van der Waals surface area contributed by atoms with Crippen LogP contribution in [0.1, 0.15) is 11.8 Å². The fourth-order valence-corrected chi connectivity index (χ4v) is 3.26. The molecular formula is C18H19N5O6. The Hall–Kier alpha value is -3.12. The molecule has 1 aliphatic rings. The van der Waals surface area contributed by atoms with Crippen molar-refractivity contribution in [2.75, 3.05) is 11.9 Å². The van der Waals surface area contributed by atoms with E-state index in [-0.39, 0.29) is 17.0 Å². The molecule has 0 radical (unpaired) electrons. The van der Waals surface area contributed by atoms with Crippen molar-refractivity contribution >= 4 is 17.0 Å². The molecule has 1 fully saturated rings. The van der Waals surface area contributed by atoms with Crippen LogP contribution in [0.5, 0.6) is 0 Å². The third-order valence-electron chi connectivity index (χ3n) is 4.75. The highest BCUT2D eigenvalue weighted by Crippen LogP contribution is 2.30. The number of benzene rings is 1. The molecule has 0 bridgehead atoms. The number of hydrogen-bond donors (Lipinski definition) is 5. The van der Waals surface area contributed by atoms with Gasteiger partial charge in [-0.3, -0.25) is 19.1 Å². The molecule has 0 spiro atoms. The highest BCUT2D eigenvalue weighted by molar-refractivity contribution is 5.73. The Labute approximate surface area is 163 Å². The van der Waals surface area contributed by atoms with Gasteiger partial charge < -0.3 is 25.4 Å². The number of aliphatic hydroxyl groups excluding tert-OH is 3. The van der Waals surface area contributed by atoms with Gasteiger partial charge in [-0.05, 0) is 5.56 Å². The minimum atomic E-state index is -1.42. The Morgan fingerprint density at radius 2 is 1.93 bits per heavy atom. The summed E-state index contributed by atoms with van der Waals surface area (Å²) in [4.78, 5) is 35.5. The molecule has 11 nitrogen and oxygen atoms in total. The lowest BCUT2D eigenvalue weighted by Gasteiger charge is -2.16. The second-order valence-corrected chi connectivity index (χ2v) is 6.64. The van der Waals surface area contributed by atoms with Crippen molar-refractivity contribution in [1.82, 2.24) is 19.5 Å². The second-order valence-electron chi connectivity index (χ2n) is 6.64. The fraction of sp³-hybridized carbons (Fsp3) is 0.333. The Kier molecular flexibility index (Phi) is 5.11. The van der Waals surface area contributed by atoms with Gasteiger partial charge in [-0.25, -0.2) is 4.98 Å². The number of H-pyrrole nitrogens is 1. The first-order chi connectivity index (χ1) is 14.0. The average molecular weight is 401 g/mol. The van der Waals surface area contributed by atoms with Gasteiger partial charge in [-0.2, -0.15) is 4.98 Å². The van der Waals surface area contributed by atoms with E-state index >= 15 is 0 Å². The molecule has 11 heteroatoms. The fourth-order valence-electron chi connectivity index (χ4n) is 3.26. The average Bonchev–Trinajstić information content (AvgIpc) is 3.25. The number of aliphatic hydroxyl groups is 3. The molecule has 0 amide bonds. The van der Waals surface area contributed by atoms with Gasteiger partial charge in [0.1, 0.15) is 23.8 Å². The van der Waals surface area contributed by atoms with Gasteiger partial charge in [-0.1, -0.05) is 30.3 Å². The molecule has 5 N–H and O–H groups in total. The lowest BCUT2D eigenvalue weighted by molar-refractivity contribution is -0.0509. The van der Waals surface area contributed by atoms with E-state index in [0.29, 0.717) is 6.54 Å². The number of ether oxygens (including phenoxy) is 1. The number of anilines is 1. The van der Waals surface area contributed by atoms with Crippen LogP contribution in [0.25, 0.3) is 11.0 Å². The Balaban J connectivity index is 1.72. The monoisotopic (exact) mass is 401 g/mol. The van der Waals surface area contributed by atoms with E-state index in [9.17, 15) is 24.9 Å². The topological polar surface area (TPSA) is 163 Å². The van der Waals surface area contributed by atoms with Gasteiger partial charge in [0.2, 0.25) is 5.95 Å². The number of aromatic amines is 1. The molecule has 152 valence electrons. The highest BCUT2D eigenvalue weighted by atomic mass is 16.6. The first-order valence-electron chi connectivity index (χ1n) is 8.91. The summed E-state index contributed by atoms with van der Waals surface area (Å²) in [5, 5.41) is 32.3. The van der Waals surface area contributed by atoms with Crippen LogP contribution in [0.15, 0.2) is 46.2 Å². The summed E-state index contributed by atoms with van der Waals surface area (Å²) >= 11 is 0. The number of rotatable bonds is 5. The van der Waals surface area contributed by atoms with E-state index in [1.54, 1.807) is 0 Å². The molecule has 4 rings (SSSR count). The van der Waals surface area contributed by atoms with Gasteiger partial charge in [0.25, 0.3) is 5.56 Å². The van der Waals surface area contributed by atoms with Crippen LogP contribution >= 0.6 is 0 Å². The van der Waals surface area contributed by atoms with E-state index < -0.39 is 42.3 Å². The molecule has 1 aliphatic heterocycles. The van der Waals surface area contributed by atoms with Crippen LogP contribution in [-0.4, -0.2) is 59.8 Å². The summed E-state index contributed by atoms with van der Waals surface area (Å²) in [6, 6.07) is 9.34. The summed E-state index contributed by atoms with van der Waals surface area (Å²) in [6.45, 7) is -0.187. The lowest BCUT2D eigenvalue weighted by Crippen LogP contribution is -2.33. The van der Waals surface area contributed by atoms with E-state index in [0.717, 1.165) is 16.5 Å². The van der Waals surface area contributed by atoms with Crippen LogP contribution in [0.3, 0.4) is 0 Å². The molecule has 29 heavy (non-hydrogen) atoms. The number of imidazole rings is 1. The molecule has 1 aromatic carbocycles. The van der Waals surface area contributed by atoms with E-state index in [1.807, 2.05) is 30.3 Å². The van der Waals surface area contributed by atoms with Crippen molar-refractivity contribution in [2.24, 2.45) is 0 Å². The summed E-state index contributed by atoms with van der Waals surface area (Å²) in [7, 11) is 0. The Bertz CT molecular complexity index is 1130. The zero-order valence-electron chi connectivity index (χ0n) is 15.1. The summed E-state index contributed by atoms with van der Waals surface area (Å²) < 4.78 is 6.59. The number of aromatic nitrogens is 4. The van der Waals surface area contributed by atoms with Gasteiger partial charge in [-0.15, -0.1) is 0 Å². The normalized spacial score (nSPS) is 24.1. The van der Waals surface area contributed by atoms with Crippen LogP contribution in [-0.2, 0) is 11.3 Å².